The zero-order chi connectivity index (χ0) is 15.1. The van der Waals surface area contributed by atoms with Gasteiger partial charge in [0.1, 0.15) is 0 Å². The lowest BCUT2D eigenvalue weighted by atomic mass is 10.1. The average molecular weight is 303 g/mol. The van der Waals surface area contributed by atoms with Crippen molar-refractivity contribution in [2.75, 3.05) is 11.9 Å². The fraction of sp³-hybridized carbons (Fsp3) is 0.375. The van der Waals surface area contributed by atoms with E-state index in [4.69, 9.17) is 0 Å². The number of carbonyl (C=O) groups is 1. The maximum atomic E-state index is 12.4. The number of hydrogen-bond donors (Lipinski definition) is 2. The molecule has 0 aliphatic heterocycles. The summed E-state index contributed by atoms with van der Waals surface area (Å²) >= 11 is 1.68. The van der Waals surface area contributed by atoms with Gasteiger partial charge in [0.25, 0.3) is 5.91 Å². The Hall–Kier alpha value is -1.88. The second kappa shape index (κ2) is 7.78. The van der Waals surface area contributed by atoms with E-state index in [0.717, 1.165) is 25.1 Å². The van der Waals surface area contributed by atoms with E-state index in [-0.39, 0.29) is 11.9 Å². The van der Waals surface area contributed by atoms with Gasteiger partial charge in [-0.05, 0) is 48.2 Å². The van der Waals surface area contributed by atoms with Crippen molar-refractivity contribution in [3.8, 4) is 0 Å². The summed E-state index contributed by atoms with van der Waals surface area (Å²) in [5.41, 5.74) is 2.70. The Balaban J connectivity index is 1.99. The number of aromatic nitrogens is 1. The first-order chi connectivity index (χ1) is 10.2. The van der Waals surface area contributed by atoms with Gasteiger partial charge in [0.15, 0.2) is 0 Å². The zero-order valence-corrected chi connectivity index (χ0v) is 13.2. The van der Waals surface area contributed by atoms with Crippen LogP contribution >= 0.6 is 11.3 Å². The molecule has 0 aromatic carbocycles. The topological polar surface area (TPSA) is 54.0 Å². The molecule has 0 spiro atoms. The van der Waals surface area contributed by atoms with Gasteiger partial charge in [0.05, 0.1) is 17.4 Å². The highest BCUT2D eigenvalue weighted by molar-refractivity contribution is 7.07. The first kappa shape index (κ1) is 15.5. The maximum absolute atomic E-state index is 12.4. The van der Waals surface area contributed by atoms with Gasteiger partial charge in [-0.1, -0.05) is 6.92 Å². The molecule has 2 N–H and O–H groups in total. The van der Waals surface area contributed by atoms with E-state index in [1.54, 1.807) is 29.8 Å². The lowest BCUT2D eigenvalue weighted by Crippen LogP contribution is -2.34. The van der Waals surface area contributed by atoms with Crippen molar-refractivity contribution in [3.63, 3.8) is 0 Å². The van der Waals surface area contributed by atoms with Gasteiger partial charge in [0, 0.05) is 18.8 Å². The molecule has 1 atom stereocenters. The highest BCUT2D eigenvalue weighted by atomic mass is 32.1. The van der Waals surface area contributed by atoms with Gasteiger partial charge in [-0.25, -0.2) is 0 Å². The SMILES string of the molecule is CCCNc1cnccc1C(=O)NC(C)Cc1ccsc1. The standard InChI is InChI=1S/C16H21N3OS/c1-3-6-18-15-10-17-7-4-14(15)16(20)19-12(2)9-13-5-8-21-11-13/h4-5,7-8,10-12,18H,3,6,9H2,1-2H3,(H,19,20). The Kier molecular flexibility index (Phi) is 5.75. The molecule has 0 radical (unpaired) electrons. The first-order valence-corrected chi connectivity index (χ1v) is 8.14. The predicted octanol–water partition coefficient (Wildman–Crippen LogP) is 3.33. The number of nitrogens with one attached hydrogen (secondary N) is 2. The van der Waals surface area contributed by atoms with Crippen molar-refractivity contribution in [1.29, 1.82) is 0 Å². The Labute approximate surface area is 129 Å². The smallest absolute Gasteiger partial charge is 0.253 e. The van der Waals surface area contributed by atoms with Crippen LogP contribution in [0.5, 0.6) is 0 Å². The van der Waals surface area contributed by atoms with Crippen molar-refractivity contribution in [2.45, 2.75) is 32.7 Å². The molecule has 1 amide bonds. The van der Waals surface area contributed by atoms with Crippen molar-refractivity contribution < 1.29 is 4.79 Å². The minimum Gasteiger partial charge on any atom is -0.383 e. The summed E-state index contributed by atoms with van der Waals surface area (Å²) in [4.78, 5) is 16.5. The third-order valence-corrected chi connectivity index (χ3v) is 3.86. The first-order valence-electron chi connectivity index (χ1n) is 7.20. The number of nitrogens with zero attached hydrogens (tertiary/aromatic N) is 1. The molecule has 4 nitrogen and oxygen atoms in total. The summed E-state index contributed by atoms with van der Waals surface area (Å²) in [7, 11) is 0. The van der Waals surface area contributed by atoms with Gasteiger partial charge in [-0.3, -0.25) is 9.78 Å². The van der Waals surface area contributed by atoms with Crippen molar-refractivity contribution in [3.05, 3.63) is 46.4 Å². The molecule has 1 unspecified atom stereocenters. The van der Waals surface area contributed by atoms with Crippen LogP contribution in [0.1, 0.15) is 36.2 Å². The van der Waals surface area contributed by atoms with Gasteiger partial charge < -0.3 is 10.6 Å². The number of anilines is 1. The molecule has 0 aliphatic carbocycles. The number of thiophene rings is 1. The summed E-state index contributed by atoms with van der Waals surface area (Å²) in [5.74, 6) is -0.0567. The number of amides is 1. The molecule has 2 rings (SSSR count). The lowest BCUT2D eigenvalue weighted by molar-refractivity contribution is 0.0941. The molecular formula is C16H21N3OS. The zero-order valence-electron chi connectivity index (χ0n) is 12.4. The minimum atomic E-state index is -0.0567. The molecular weight excluding hydrogens is 282 g/mol. The van der Waals surface area contributed by atoms with Crippen LogP contribution in [-0.2, 0) is 6.42 Å². The summed E-state index contributed by atoms with van der Waals surface area (Å²) in [6, 6.07) is 3.94. The molecule has 21 heavy (non-hydrogen) atoms. The van der Waals surface area contributed by atoms with Crippen molar-refractivity contribution >= 4 is 22.9 Å². The molecule has 0 fully saturated rings. The van der Waals surface area contributed by atoms with Gasteiger partial charge in [0.2, 0.25) is 0 Å². The fourth-order valence-electron chi connectivity index (χ4n) is 2.11. The molecule has 0 aliphatic rings. The second-order valence-electron chi connectivity index (χ2n) is 5.06. The van der Waals surface area contributed by atoms with E-state index in [0.29, 0.717) is 5.56 Å². The normalized spacial score (nSPS) is 11.9. The monoisotopic (exact) mass is 303 g/mol. The molecule has 5 heteroatoms. The van der Waals surface area contributed by atoms with E-state index in [9.17, 15) is 4.79 Å². The van der Waals surface area contributed by atoms with Gasteiger partial charge in [-0.2, -0.15) is 11.3 Å². The van der Waals surface area contributed by atoms with Crippen LogP contribution < -0.4 is 10.6 Å². The Bertz CT molecular complexity index is 569. The van der Waals surface area contributed by atoms with Gasteiger partial charge in [-0.15, -0.1) is 0 Å². The predicted molar refractivity (Wildman–Crippen MR) is 88.0 cm³/mol. The molecule has 0 saturated carbocycles. The Morgan fingerprint density at radius 1 is 1.43 bits per heavy atom. The summed E-state index contributed by atoms with van der Waals surface area (Å²) in [5, 5.41) is 10.5. The number of rotatable bonds is 7. The molecule has 2 aromatic heterocycles. The summed E-state index contributed by atoms with van der Waals surface area (Å²) in [6.45, 7) is 4.94. The van der Waals surface area contributed by atoms with E-state index >= 15 is 0 Å². The quantitative estimate of drug-likeness (QED) is 0.825. The average Bonchev–Trinajstić information content (AvgIpc) is 2.98. The highest BCUT2D eigenvalue weighted by Crippen LogP contribution is 2.14. The lowest BCUT2D eigenvalue weighted by Gasteiger charge is -2.15. The minimum absolute atomic E-state index is 0.0567. The number of carbonyl (C=O) groups excluding carboxylic acids is 1. The second-order valence-corrected chi connectivity index (χ2v) is 5.84. The summed E-state index contributed by atoms with van der Waals surface area (Å²) < 4.78 is 0. The van der Waals surface area contributed by atoms with Crippen LogP contribution in [-0.4, -0.2) is 23.5 Å². The third-order valence-electron chi connectivity index (χ3n) is 3.13. The van der Waals surface area contributed by atoms with Crippen LogP contribution in [0.15, 0.2) is 35.3 Å². The van der Waals surface area contributed by atoms with Crippen LogP contribution in [0.3, 0.4) is 0 Å². The van der Waals surface area contributed by atoms with E-state index < -0.39 is 0 Å². The third kappa shape index (κ3) is 4.56. The fourth-order valence-corrected chi connectivity index (χ4v) is 2.79. The Morgan fingerprint density at radius 2 is 2.29 bits per heavy atom. The Morgan fingerprint density at radius 3 is 3.00 bits per heavy atom. The molecule has 0 bridgehead atoms. The highest BCUT2D eigenvalue weighted by Gasteiger charge is 2.14. The van der Waals surface area contributed by atoms with Crippen LogP contribution in [0.4, 0.5) is 5.69 Å². The molecule has 0 saturated heterocycles. The maximum Gasteiger partial charge on any atom is 0.253 e. The number of hydrogen-bond acceptors (Lipinski definition) is 4. The van der Waals surface area contributed by atoms with E-state index in [1.165, 1.54) is 5.56 Å². The van der Waals surface area contributed by atoms with Crippen LogP contribution in [0.25, 0.3) is 0 Å². The van der Waals surface area contributed by atoms with E-state index in [2.05, 4.69) is 39.4 Å². The largest absolute Gasteiger partial charge is 0.383 e. The number of pyridine rings is 1. The summed E-state index contributed by atoms with van der Waals surface area (Å²) in [6.07, 6.45) is 5.20. The van der Waals surface area contributed by atoms with Crippen LogP contribution in [0, 0.1) is 0 Å². The van der Waals surface area contributed by atoms with Crippen LogP contribution in [0.2, 0.25) is 0 Å². The molecule has 112 valence electrons. The van der Waals surface area contributed by atoms with Crippen molar-refractivity contribution in [1.82, 2.24) is 10.3 Å². The van der Waals surface area contributed by atoms with Crippen molar-refractivity contribution in [2.24, 2.45) is 0 Å². The van der Waals surface area contributed by atoms with Gasteiger partial charge >= 0.3 is 0 Å². The van der Waals surface area contributed by atoms with E-state index in [1.807, 2.05) is 6.92 Å². The molecule has 2 heterocycles. The molecule has 2 aromatic rings.